The average molecular weight is 328 g/mol. The summed E-state index contributed by atoms with van der Waals surface area (Å²) < 4.78 is 26.1. The largest absolute Gasteiger partial charge is 0.310 e. The van der Waals surface area contributed by atoms with Crippen LogP contribution >= 0.6 is 23.4 Å². The fourth-order valence-corrected chi connectivity index (χ4v) is 2.92. The summed E-state index contributed by atoms with van der Waals surface area (Å²) in [6, 6.07) is 9.95. The number of halogens is 3. The monoisotopic (exact) mass is 327 g/mol. The van der Waals surface area contributed by atoms with Crippen LogP contribution in [0.4, 0.5) is 8.78 Å². The second kappa shape index (κ2) is 7.25. The molecular weight excluding hydrogens is 312 g/mol. The SMILES string of the molecule is CC(C)NCc1ccc(Sc2ccc(F)c(F)c2)cc1Cl. The van der Waals surface area contributed by atoms with Crippen LogP contribution in [0.3, 0.4) is 0 Å². The Bertz CT molecular complexity index is 632. The molecule has 2 aromatic rings. The fourth-order valence-electron chi connectivity index (χ4n) is 1.73. The normalized spacial score (nSPS) is 11.1. The maximum Gasteiger partial charge on any atom is 0.159 e. The van der Waals surface area contributed by atoms with E-state index in [9.17, 15) is 8.78 Å². The van der Waals surface area contributed by atoms with Crippen LogP contribution in [-0.2, 0) is 6.54 Å². The molecule has 112 valence electrons. The third-order valence-corrected chi connectivity index (χ3v) is 4.18. The molecule has 0 saturated carbocycles. The maximum absolute atomic E-state index is 13.2. The Morgan fingerprint density at radius 3 is 2.33 bits per heavy atom. The van der Waals surface area contributed by atoms with Crippen molar-refractivity contribution in [3.63, 3.8) is 0 Å². The lowest BCUT2D eigenvalue weighted by atomic mass is 10.2. The van der Waals surface area contributed by atoms with Crippen molar-refractivity contribution in [2.45, 2.75) is 36.2 Å². The summed E-state index contributed by atoms with van der Waals surface area (Å²) in [5.74, 6) is -1.68. The molecule has 0 atom stereocenters. The lowest BCUT2D eigenvalue weighted by Crippen LogP contribution is -2.21. The molecule has 0 fully saturated rings. The highest BCUT2D eigenvalue weighted by Gasteiger charge is 2.07. The van der Waals surface area contributed by atoms with E-state index in [1.807, 2.05) is 18.2 Å². The Labute approximate surface area is 132 Å². The molecule has 1 nitrogen and oxygen atoms in total. The van der Waals surface area contributed by atoms with Gasteiger partial charge in [-0.2, -0.15) is 0 Å². The van der Waals surface area contributed by atoms with E-state index in [1.54, 1.807) is 6.07 Å². The van der Waals surface area contributed by atoms with Gasteiger partial charge in [0.1, 0.15) is 0 Å². The smallest absolute Gasteiger partial charge is 0.159 e. The van der Waals surface area contributed by atoms with Crippen molar-refractivity contribution in [1.29, 1.82) is 0 Å². The van der Waals surface area contributed by atoms with Gasteiger partial charge in [-0.3, -0.25) is 0 Å². The van der Waals surface area contributed by atoms with E-state index in [0.717, 1.165) is 16.5 Å². The summed E-state index contributed by atoms with van der Waals surface area (Å²) in [5.41, 5.74) is 1.01. The third-order valence-electron chi connectivity index (χ3n) is 2.85. The van der Waals surface area contributed by atoms with Crippen molar-refractivity contribution >= 4 is 23.4 Å². The quantitative estimate of drug-likeness (QED) is 0.803. The van der Waals surface area contributed by atoms with Crippen LogP contribution in [0.15, 0.2) is 46.2 Å². The zero-order valence-corrected chi connectivity index (χ0v) is 13.4. The molecule has 0 heterocycles. The first kappa shape index (κ1) is 16.3. The van der Waals surface area contributed by atoms with E-state index < -0.39 is 11.6 Å². The average Bonchev–Trinajstić information content (AvgIpc) is 2.42. The molecule has 1 N–H and O–H groups in total. The molecule has 0 amide bonds. The lowest BCUT2D eigenvalue weighted by Gasteiger charge is -2.11. The molecule has 0 aromatic heterocycles. The Kier molecular flexibility index (Phi) is 5.62. The van der Waals surface area contributed by atoms with Gasteiger partial charge in [0.25, 0.3) is 0 Å². The van der Waals surface area contributed by atoms with Crippen LogP contribution in [0, 0.1) is 11.6 Å². The van der Waals surface area contributed by atoms with Crippen molar-refractivity contribution in [2.75, 3.05) is 0 Å². The highest BCUT2D eigenvalue weighted by atomic mass is 35.5. The molecule has 0 saturated heterocycles. The molecule has 0 spiro atoms. The summed E-state index contributed by atoms with van der Waals surface area (Å²) in [6.45, 7) is 4.84. The second-order valence-corrected chi connectivity index (χ2v) is 6.52. The summed E-state index contributed by atoms with van der Waals surface area (Å²) in [4.78, 5) is 1.53. The van der Waals surface area contributed by atoms with E-state index in [2.05, 4.69) is 19.2 Å². The maximum atomic E-state index is 13.2. The van der Waals surface area contributed by atoms with Gasteiger partial charge >= 0.3 is 0 Å². The number of nitrogens with one attached hydrogen (secondary N) is 1. The van der Waals surface area contributed by atoms with Crippen LogP contribution in [0.25, 0.3) is 0 Å². The van der Waals surface area contributed by atoms with Gasteiger partial charge < -0.3 is 5.32 Å². The molecular formula is C16H16ClF2NS. The zero-order valence-electron chi connectivity index (χ0n) is 11.8. The molecule has 0 unspecified atom stereocenters. The predicted molar refractivity (Wildman–Crippen MR) is 83.9 cm³/mol. The van der Waals surface area contributed by atoms with Crippen molar-refractivity contribution in [2.24, 2.45) is 0 Å². The first-order valence-electron chi connectivity index (χ1n) is 6.60. The van der Waals surface area contributed by atoms with Crippen LogP contribution in [0.1, 0.15) is 19.4 Å². The number of rotatable bonds is 5. The standard InChI is InChI=1S/C16H16ClF2NS/c1-10(2)20-9-11-3-4-12(7-14(11)17)21-13-5-6-15(18)16(19)8-13/h3-8,10,20H,9H2,1-2H3. The molecule has 0 aliphatic rings. The topological polar surface area (TPSA) is 12.0 Å². The van der Waals surface area contributed by atoms with Crippen molar-refractivity contribution < 1.29 is 8.78 Å². The predicted octanol–water partition coefficient (Wildman–Crippen LogP) is 5.27. The third kappa shape index (κ3) is 4.70. The molecule has 0 bridgehead atoms. The Morgan fingerprint density at radius 2 is 1.71 bits per heavy atom. The summed E-state index contributed by atoms with van der Waals surface area (Å²) >= 11 is 7.59. The second-order valence-electron chi connectivity index (χ2n) is 4.97. The van der Waals surface area contributed by atoms with Crippen molar-refractivity contribution in [1.82, 2.24) is 5.32 Å². The Hall–Kier alpha value is -1.10. The van der Waals surface area contributed by atoms with Crippen LogP contribution in [0.5, 0.6) is 0 Å². The van der Waals surface area contributed by atoms with E-state index in [1.165, 1.54) is 17.8 Å². The summed E-state index contributed by atoms with van der Waals surface area (Å²) in [6.07, 6.45) is 0. The van der Waals surface area contributed by atoms with E-state index >= 15 is 0 Å². The van der Waals surface area contributed by atoms with E-state index in [4.69, 9.17) is 11.6 Å². The van der Waals surface area contributed by atoms with Crippen LogP contribution in [-0.4, -0.2) is 6.04 Å². The minimum Gasteiger partial charge on any atom is -0.310 e. The van der Waals surface area contributed by atoms with Gasteiger partial charge in [0, 0.05) is 27.4 Å². The van der Waals surface area contributed by atoms with Crippen molar-refractivity contribution in [3.05, 3.63) is 58.6 Å². The first-order valence-corrected chi connectivity index (χ1v) is 7.80. The Morgan fingerprint density at radius 1 is 1.05 bits per heavy atom. The fraction of sp³-hybridized carbons (Fsp3) is 0.250. The van der Waals surface area contributed by atoms with Gasteiger partial charge in [0.15, 0.2) is 11.6 Å². The van der Waals surface area contributed by atoms with Crippen LogP contribution < -0.4 is 5.32 Å². The zero-order chi connectivity index (χ0) is 15.4. The van der Waals surface area contributed by atoms with Gasteiger partial charge in [0.2, 0.25) is 0 Å². The van der Waals surface area contributed by atoms with Gasteiger partial charge in [-0.1, -0.05) is 43.3 Å². The minimum absolute atomic E-state index is 0.386. The van der Waals surface area contributed by atoms with Crippen molar-refractivity contribution in [3.8, 4) is 0 Å². The highest BCUT2D eigenvalue weighted by Crippen LogP contribution is 2.31. The molecule has 5 heteroatoms. The number of hydrogen-bond acceptors (Lipinski definition) is 2. The number of benzene rings is 2. The number of hydrogen-bond donors (Lipinski definition) is 1. The van der Waals surface area contributed by atoms with Gasteiger partial charge in [0.05, 0.1) is 0 Å². The molecule has 21 heavy (non-hydrogen) atoms. The lowest BCUT2D eigenvalue weighted by molar-refractivity contribution is 0.506. The molecule has 0 aliphatic carbocycles. The summed E-state index contributed by atoms with van der Waals surface area (Å²) in [5, 5.41) is 3.97. The van der Waals surface area contributed by atoms with Gasteiger partial charge in [-0.25, -0.2) is 8.78 Å². The molecule has 0 aliphatic heterocycles. The van der Waals surface area contributed by atoms with Crippen LogP contribution in [0.2, 0.25) is 5.02 Å². The van der Waals surface area contributed by atoms with E-state index in [-0.39, 0.29) is 0 Å². The summed E-state index contributed by atoms with van der Waals surface area (Å²) in [7, 11) is 0. The minimum atomic E-state index is -0.844. The molecule has 2 rings (SSSR count). The first-order chi connectivity index (χ1) is 9.95. The highest BCUT2D eigenvalue weighted by molar-refractivity contribution is 7.99. The molecule has 0 radical (unpaired) electrons. The Balaban J connectivity index is 2.10. The molecule has 2 aromatic carbocycles. The van der Waals surface area contributed by atoms with E-state index in [0.29, 0.717) is 22.5 Å². The van der Waals surface area contributed by atoms with Gasteiger partial charge in [-0.15, -0.1) is 0 Å². The van der Waals surface area contributed by atoms with Gasteiger partial charge in [-0.05, 0) is 35.9 Å².